The summed E-state index contributed by atoms with van der Waals surface area (Å²) < 4.78 is 5.34. The van der Waals surface area contributed by atoms with Crippen molar-refractivity contribution in [3.8, 4) is 5.75 Å². The third-order valence-corrected chi connectivity index (χ3v) is 4.46. The summed E-state index contributed by atoms with van der Waals surface area (Å²) in [7, 11) is 1.63. The molecule has 0 fully saturated rings. The molecule has 1 amide bonds. The van der Waals surface area contributed by atoms with Gasteiger partial charge in [-0.15, -0.1) is 0 Å². The van der Waals surface area contributed by atoms with E-state index in [2.05, 4.69) is 24.5 Å². The van der Waals surface area contributed by atoms with Crippen molar-refractivity contribution in [2.75, 3.05) is 12.4 Å². The van der Waals surface area contributed by atoms with E-state index in [1.165, 1.54) is 12.5 Å². The molecule has 27 heavy (non-hydrogen) atoms. The Morgan fingerprint density at radius 3 is 2.67 bits per heavy atom. The second-order valence-electron chi connectivity index (χ2n) is 7.39. The lowest BCUT2D eigenvalue weighted by Crippen LogP contribution is -2.43. The standard InChI is InChI=1S/C22H24N2O3/c1-14(25)23-17-7-5-6-15(10-17)21(26)12-20-19-11-18(27-4)9-8-16(19)13-22(2,3)24-20/h5-12,24H,13H2,1-4H3,(H,23,25)/b20-12-. The molecular weight excluding hydrogens is 340 g/mol. The summed E-state index contributed by atoms with van der Waals surface area (Å²) in [5.74, 6) is 0.451. The largest absolute Gasteiger partial charge is 0.497 e. The van der Waals surface area contributed by atoms with Gasteiger partial charge in [0.2, 0.25) is 5.91 Å². The molecule has 1 heterocycles. The molecule has 0 radical (unpaired) electrons. The fourth-order valence-electron chi connectivity index (χ4n) is 3.32. The average molecular weight is 364 g/mol. The van der Waals surface area contributed by atoms with Gasteiger partial charge >= 0.3 is 0 Å². The molecule has 140 valence electrons. The summed E-state index contributed by atoms with van der Waals surface area (Å²) >= 11 is 0. The van der Waals surface area contributed by atoms with Gasteiger partial charge in [-0.3, -0.25) is 9.59 Å². The van der Waals surface area contributed by atoms with E-state index < -0.39 is 0 Å². The lowest BCUT2D eigenvalue weighted by Gasteiger charge is -2.35. The van der Waals surface area contributed by atoms with Gasteiger partial charge in [-0.2, -0.15) is 0 Å². The predicted octanol–water partition coefficient (Wildman–Crippen LogP) is 3.80. The highest BCUT2D eigenvalue weighted by Gasteiger charge is 2.28. The molecule has 3 rings (SSSR count). The van der Waals surface area contributed by atoms with Crippen LogP contribution in [0.3, 0.4) is 0 Å². The van der Waals surface area contributed by atoms with Crippen molar-refractivity contribution >= 4 is 23.1 Å². The second-order valence-corrected chi connectivity index (χ2v) is 7.39. The Labute approximate surface area is 159 Å². The van der Waals surface area contributed by atoms with Crippen LogP contribution in [-0.4, -0.2) is 24.3 Å². The van der Waals surface area contributed by atoms with Gasteiger partial charge in [0.05, 0.1) is 7.11 Å². The first-order valence-electron chi connectivity index (χ1n) is 8.86. The van der Waals surface area contributed by atoms with Crippen molar-refractivity contribution in [1.29, 1.82) is 0 Å². The molecule has 2 aromatic rings. The lowest BCUT2D eigenvalue weighted by atomic mass is 9.85. The molecule has 1 aliphatic heterocycles. The van der Waals surface area contributed by atoms with E-state index in [0.29, 0.717) is 11.3 Å². The van der Waals surface area contributed by atoms with Crippen LogP contribution in [0.1, 0.15) is 42.3 Å². The number of benzene rings is 2. The number of fused-ring (bicyclic) bond motifs is 1. The van der Waals surface area contributed by atoms with Gasteiger partial charge < -0.3 is 15.4 Å². The summed E-state index contributed by atoms with van der Waals surface area (Å²) in [5, 5.41) is 6.17. The number of rotatable bonds is 4. The molecule has 0 unspecified atom stereocenters. The minimum absolute atomic E-state index is 0.129. The van der Waals surface area contributed by atoms with Crippen LogP contribution in [0.15, 0.2) is 48.5 Å². The number of carbonyl (C=O) groups excluding carboxylic acids is 2. The van der Waals surface area contributed by atoms with E-state index in [1.54, 1.807) is 37.5 Å². The predicted molar refractivity (Wildman–Crippen MR) is 107 cm³/mol. The highest BCUT2D eigenvalue weighted by molar-refractivity contribution is 6.09. The zero-order chi connectivity index (χ0) is 19.6. The summed E-state index contributed by atoms with van der Waals surface area (Å²) in [6.07, 6.45) is 2.47. The molecule has 2 N–H and O–H groups in total. The zero-order valence-corrected chi connectivity index (χ0v) is 16.1. The summed E-state index contributed by atoms with van der Waals surface area (Å²) in [6, 6.07) is 12.9. The van der Waals surface area contributed by atoms with Gasteiger partial charge in [-0.1, -0.05) is 18.2 Å². The monoisotopic (exact) mass is 364 g/mol. The van der Waals surface area contributed by atoms with Gasteiger partial charge in [0.15, 0.2) is 5.78 Å². The van der Waals surface area contributed by atoms with Gasteiger partial charge in [-0.05, 0) is 50.1 Å². The SMILES string of the molecule is COc1ccc2c(c1)/C(=C/C(=O)c1cccc(NC(C)=O)c1)NC(C)(C)C2. The highest BCUT2D eigenvalue weighted by Crippen LogP contribution is 2.32. The van der Waals surface area contributed by atoms with E-state index >= 15 is 0 Å². The minimum atomic E-state index is -0.172. The first kappa shape index (κ1) is 18.7. The van der Waals surface area contributed by atoms with E-state index in [-0.39, 0.29) is 17.2 Å². The number of methoxy groups -OCH3 is 1. The average Bonchev–Trinajstić information content (AvgIpc) is 2.60. The van der Waals surface area contributed by atoms with Crippen molar-refractivity contribution < 1.29 is 14.3 Å². The molecule has 0 aliphatic carbocycles. The quantitative estimate of drug-likeness (QED) is 0.640. The third-order valence-electron chi connectivity index (χ3n) is 4.46. The van der Waals surface area contributed by atoms with Crippen molar-refractivity contribution in [2.45, 2.75) is 32.7 Å². The fourth-order valence-corrected chi connectivity index (χ4v) is 3.32. The molecule has 0 saturated carbocycles. The molecule has 0 saturated heterocycles. The van der Waals surface area contributed by atoms with Crippen molar-refractivity contribution in [2.24, 2.45) is 0 Å². The van der Waals surface area contributed by atoms with Crippen LogP contribution in [0.25, 0.3) is 5.70 Å². The molecule has 5 heteroatoms. The molecule has 2 aromatic carbocycles. The molecule has 0 spiro atoms. The van der Waals surface area contributed by atoms with E-state index in [0.717, 1.165) is 23.4 Å². The van der Waals surface area contributed by atoms with Crippen LogP contribution in [0.5, 0.6) is 5.75 Å². The number of ether oxygens (including phenoxy) is 1. The van der Waals surface area contributed by atoms with E-state index in [4.69, 9.17) is 4.74 Å². The van der Waals surface area contributed by atoms with Gasteiger partial charge in [0.1, 0.15) is 5.75 Å². The molecule has 0 bridgehead atoms. The van der Waals surface area contributed by atoms with E-state index in [1.807, 2.05) is 18.2 Å². The Balaban J connectivity index is 1.98. The van der Waals surface area contributed by atoms with Crippen LogP contribution in [0, 0.1) is 0 Å². The highest BCUT2D eigenvalue weighted by atomic mass is 16.5. The number of ketones is 1. The Morgan fingerprint density at radius 2 is 1.96 bits per heavy atom. The number of hydrogen-bond donors (Lipinski definition) is 2. The molecule has 5 nitrogen and oxygen atoms in total. The Bertz CT molecular complexity index is 929. The second kappa shape index (κ2) is 7.27. The van der Waals surface area contributed by atoms with Gasteiger partial charge in [0.25, 0.3) is 0 Å². The van der Waals surface area contributed by atoms with Crippen LogP contribution in [0.2, 0.25) is 0 Å². The maximum Gasteiger partial charge on any atom is 0.221 e. The number of nitrogens with one attached hydrogen (secondary N) is 2. The van der Waals surface area contributed by atoms with Crippen LogP contribution < -0.4 is 15.4 Å². The maximum atomic E-state index is 12.9. The number of anilines is 1. The minimum Gasteiger partial charge on any atom is -0.497 e. The van der Waals surface area contributed by atoms with Crippen LogP contribution in [0.4, 0.5) is 5.69 Å². The topological polar surface area (TPSA) is 67.4 Å². The van der Waals surface area contributed by atoms with Crippen LogP contribution in [-0.2, 0) is 11.2 Å². The fraction of sp³-hybridized carbons (Fsp3) is 0.273. The molecule has 0 atom stereocenters. The number of allylic oxidation sites excluding steroid dienone is 1. The zero-order valence-electron chi connectivity index (χ0n) is 16.1. The summed E-state index contributed by atoms with van der Waals surface area (Å²) in [5.41, 5.74) is 3.88. The number of hydrogen-bond acceptors (Lipinski definition) is 4. The normalized spacial score (nSPS) is 16.2. The van der Waals surface area contributed by atoms with Crippen LogP contribution >= 0.6 is 0 Å². The van der Waals surface area contributed by atoms with E-state index in [9.17, 15) is 9.59 Å². The van der Waals surface area contributed by atoms with Gasteiger partial charge in [0, 0.05) is 41.1 Å². The number of amides is 1. The first-order chi connectivity index (χ1) is 12.8. The third kappa shape index (κ3) is 4.37. The van der Waals surface area contributed by atoms with Crippen molar-refractivity contribution in [1.82, 2.24) is 5.32 Å². The van der Waals surface area contributed by atoms with Crippen molar-refractivity contribution in [3.05, 3.63) is 65.2 Å². The number of carbonyl (C=O) groups is 2. The smallest absolute Gasteiger partial charge is 0.221 e. The lowest BCUT2D eigenvalue weighted by molar-refractivity contribution is -0.114. The molecular formula is C22H24N2O3. The molecule has 1 aliphatic rings. The maximum absolute atomic E-state index is 12.9. The first-order valence-corrected chi connectivity index (χ1v) is 8.86. The Hall–Kier alpha value is -3.08. The Kier molecular flexibility index (Phi) is 5.04. The Morgan fingerprint density at radius 1 is 1.19 bits per heavy atom. The van der Waals surface area contributed by atoms with Gasteiger partial charge in [-0.25, -0.2) is 0 Å². The molecule has 0 aromatic heterocycles. The summed E-state index contributed by atoms with van der Waals surface area (Å²) in [4.78, 5) is 24.1. The summed E-state index contributed by atoms with van der Waals surface area (Å²) in [6.45, 7) is 5.65. The van der Waals surface area contributed by atoms with Crippen molar-refractivity contribution in [3.63, 3.8) is 0 Å².